The van der Waals surface area contributed by atoms with E-state index in [0.717, 1.165) is 30.8 Å². The van der Waals surface area contributed by atoms with Crippen molar-refractivity contribution in [3.63, 3.8) is 0 Å². The van der Waals surface area contributed by atoms with Gasteiger partial charge in [-0.3, -0.25) is 0 Å². The van der Waals surface area contributed by atoms with E-state index < -0.39 is 0 Å². The third-order valence-electron chi connectivity index (χ3n) is 4.01. The van der Waals surface area contributed by atoms with Gasteiger partial charge in [0, 0.05) is 12.6 Å². The van der Waals surface area contributed by atoms with Crippen LogP contribution in [0.1, 0.15) is 48.4 Å². The summed E-state index contributed by atoms with van der Waals surface area (Å²) in [5.41, 5.74) is 9.93. The Kier molecular flexibility index (Phi) is 4.83. The molecule has 1 saturated heterocycles. The lowest BCUT2D eigenvalue weighted by molar-refractivity contribution is 0.101. The van der Waals surface area contributed by atoms with E-state index in [1.807, 2.05) is 0 Å². The average molecular weight is 263 g/mol. The van der Waals surface area contributed by atoms with Gasteiger partial charge < -0.3 is 15.2 Å². The molecule has 0 bridgehead atoms. The molecule has 0 amide bonds. The van der Waals surface area contributed by atoms with Gasteiger partial charge in [0.2, 0.25) is 0 Å². The van der Waals surface area contributed by atoms with E-state index in [4.69, 9.17) is 15.2 Å². The molecule has 2 rings (SSSR count). The van der Waals surface area contributed by atoms with Crippen LogP contribution in [-0.2, 0) is 4.74 Å². The molecule has 1 fully saturated rings. The molecule has 106 valence electrons. The van der Waals surface area contributed by atoms with Crippen LogP contribution in [0.2, 0.25) is 0 Å². The Hall–Kier alpha value is -1.06. The van der Waals surface area contributed by atoms with Crippen LogP contribution in [-0.4, -0.2) is 19.8 Å². The number of nitrogens with two attached hydrogens (primary N) is 1. The summed E-state index contributed by atoms with van der Waals surface area (Å²) in [4.78, 5) is 0. The Bertz CT molecular complexity index is 425. The average Bonchev–Trinajstić information content (AvgIpc) is 2.91. The van der Waals surface area contributed by atoms with Crippen molar-refractivity contribution in [2.75, 3.05) is 13.7 Å². The summed E-state index contributed by atoms with van der Waals surface area (Å²) in [6.45, 7) is 5.08. The van der Waals surface area contributed by atoms with E-state index in [9.17, 15) is 0 Å². The molecule has 1 aliphatic heterocycles. The summed E-state index contributed by atoms with van der Waals surface area (Å²) in [6.07, 6.45) is 4.85. The molecule has 0 aromatic heterocycles. The van der Waals surface area contributed by atoms with Crippen molar-refractivity contribution < 1.29 is 9.47 Å². The standard InChI is InChI=1S/C16H25NO2/c1-11-10-16(18-3)12(2)9-14(11)15(17)7-6-13-5-4-8-19-13/h9-10,13,15H,4-8,17H2,1-3H3. The number of methoxy groups -OCH3 is 1. The van der Waals surface area contributed by atoms with E-state index in [0.29, 0.717) is 6.10 Å². The summed E-state index contributed by atoms with van der Waals surface area (Å²) in [6, 6.07) is 4.33. The zero-order chi connectivity index (χ0) is 13.8. The molecule has 3 nitrogen and oxygen atoms in total. The molecular weight excluding hydrogens is 238 g/mol. The van der Waals surface area contributed by atoms with Gasteiger partial charge >= 0.3 is 0 Å². The number of rotatable bonds is 5. The SMILES string of the molecule is COc1cc(C)c(C(N)CCC2CCCO2)cc1C. The molecule has 1 aromatic carbocycles. The van der Waals surface area contributed by atoms with Crippen LogP contribution in [0.25, 0.3) is 0 Å². The minimum atomic E-state index is 0.0915. The molecule has 2 N–H and O–H groups in total. The molecule has 2 atom stereocenters. The zero-order valence-electron chi connectivity index (χ0n) is 12.2. The molecule has 0 saturated carbocycles. The largest absolute Gasteiger partial charge is 0.496 e. The van der Waals surface area contributed by atoms with Gasteiger partial charge in [-0.05, 0) is 62.3 Å². The summed E-state index contributed by atoms with van der Waals surface area (Å²) >= 11 is 0. The van der Waals surface area contributed by atoms with Crippen molar-refractivity contribution in [2.24, 2.45) is 5.73 Å². The lowest BCUT2D eigenvalue weighted by Gasteiger charge is -2.19. The highest BCUT2D eigenvalue weighted by atomic mass is 16.5. The van der Waals surface area contributed by atoms with Crippen molar-refractivity contribution >= 4 is 0 Å². The first-order chi connectivity index (χ1) is 9.11. The van der Waals surface area contributed by atoms with Crippen LogP contribution in [0.4, 0.5) is 0 Å². The van der Waals surface area contributed by atoms with Crippen molar-refractivity contribution in [1.82, 2.24) is 0 Å². The van der Waals surface area contributed by atoms with Gasteiger partial charge in [-0.2, -0.15) is 0 Å². The third-order valence-corrected chi connectivity index (χ3v) is 4.01. The summed E-state index contributed by atoms with van der Waals surface area (Å²) in [5, 5.41) is 0. The van der Waals surface area contributed by atoms with Crippen LogP contribution in [0.15, 0.2) is 12.1 Å². The molecule has 2 unspecified atom stereocenters. The highest BCUT2D eigenvalue weighted by Gasteiger charge is 2.18. The van der Waals surface area contributed by atoms with E-state index in [-0.39, 0.29) is 6.04 Å². The Morgan fingerprint density at radius 1 is 1.37 bits per heavy atom. The lowest BCUT2D eigenvalue weighted by atomic mass is 9.94. The minimum absolute atomic E-state index is 0.0915. The molecular formula is C16H25NO2. The van der Waals surface area contributed by atoms with Gasteiger partial charge in [0.25, 0.3) is 0 Å². The summed E-state index contributed by atoms with van der Waals surface area (Å²) in [7, 11) is 1.71. The lowest BCUT2D eigenvalue weighted by Crippen LogP contribution is -2.15. The second-order valence-corrected chi connectivity index (χ2v) is 5.50. The molecule has 0 radical (unpaired) electrons. The van der Waals surface area contributed by atoms with Crippen molar-refractivity contribution in [1.29, 1.82) is 0 Å². The van der Waals surface area contributed by atoms with Crippen LogP contribution >= 0.6 is 0 Å². The fourth-order valence-electron chi connectivity index (χ4n) is 2.82. The Morgan fingerprint density at radius 2 is 2.16 bits per heavy atom. The molecule has 1 aliphatic rings. The predicted octanol–water partition coefficient (Wildman–Crippen LogP) is 3.27. The maximum Gasteiger partial charge on any atom is 0.122 e. The Morgan fingerprint density at radius 3 is 2.79 bits per heavy atom. The number of benzene rings is 1. The number of aryl methyl sites for hydroxylation is 2. The Labute approximate surface area is 116 Å². The van der Waals surface area contributed by atoms with Gasteiger partial charge in [-0.1, -0.05) is 6.07 Å². The van der Waals surface area contributed by atoms with Gasteiger partial charge in [0.05, 0.1) is 13.2 Å². The number of hydrogen-bond donors (Lipinski definition) is 1. The number of ether oxygens (including phenoxy) is 2. The molecule has 0 spiro atoms. The summed E-state index contributed by atoms with van der Waals surface area (Å²) in [5.74, 6) is 0.938. The van der Waals surface area contributed by atoms with Crippen LogP contribution in [0, 0.1) is 13.8 Å². The predicted molar refractivity (Wildman–Crippen MR) is 77.6 cm³/mol. The first kappa shape index (κ1) is 14.4. The van der Waals surface area contributed by atoms with Crippen LogP contribution in [0.5, 0.6) is 5.75 Å². The molecule has 19 heavy (non-hydrogen) atoms. The molecule has 1 heterocycles. The van der Waals surface area contributed by atoms with Crippen molar-refractivity contribution in [3.05, 3.63) is 28.8 Å². The van der Waals surface area contributed by atoms with Crippen molar-refractivity contribution in [3.8, 4) is 5.75 Å². The van der Waals surface area contributed by atoms with E-state index in [1.54, 1.807) is 7.11 Å². The topological polar surface area (TPSA) is 44.5 Å². The van der Waals surface area contributed by atoms with Crippen molar-refractivity contribution in [2.45, 2.75) is 51.7 Å². The highest BCUT2D eigenvalue weighted by molar-refractivity contribution is 5.42. The highest BCUT2D eigenvalue weighted by Crippen LogP contribution is 2.29. The van der Waals surface area contributed by atoms with E-state index in [2.05, 4.69) is 26.0 Å². The maximum absolute atomic E-state index is 6.34. The van der Waals surface area contributed by atoms with Crippen LogP contribution in [0.3, 0.4) is 0 Å². The fraction of sp³-hybridized carbons (Fsp3) is 0.625. The van der Waals surface area contributed by atoms with Gasteiger partial charge in [0.1, 0.15) is 5.75 Å². The fourth-order valence-corrected chi connectivity index (χ4v) is 2.82. The Balaban J connectivity index is 2.01. The monoisotopic (exact) mass is 263 g/mol. The van der Waals surface area contributed by atoms with Gasteiger partial charge in [-0.15, -0.1) is 0 Å². The van der Waals surface area contributed by atoms with E-state index in [1.165, 1.54) is 24.0 Å². The normalized spacial score (nSPS) is 20.5. The first-order valence-corrected chi connectivity index (χ1v) is 7.14. The molecule has 1 aromatic rings. The zero-order valence-corrected chi connectivity index (χ0v) is 12.2. The first-order valence-electron chi connectivity index (χ1n) is 7.14. The summed E-state index contributed by atoms with van der Waals surface area (Å²) < 4.78 is 11.0. The smallest absolute Gasteiger partial charge is 0.122 e. The maximum atomic E-state index is 6.34. The van der Waals surface area contributed by atoms with Gasteiger partial charge in [0.15, 0.2) is 0 Å². The van der Waals surface area contributed by atoms with E-state index >= 15 is 0 Å². The second kappa shape index (κ2) is 6.40. The van der Waals surface area contributed by atoms with Crippen LogP contribution < -0.4 is 10.5 Å². The quantitative estimate of drug-likeness (QED) is 0.886. The number of hydrogen-bond acceptors (Lipinski definition) is 3. The third kappa shape index (κ3) is 3.48. The van der Waals surface area contributed by atoms with Gasteiger partial charge in [-0.25, -0.2) is 0 Å². The second-order valence-electron chi connectivity index (χ2n) is 5.50. The minimum Gasteiger partial charge on any atom is -0.496 e. The molecule has 3 heteroatoms. The molecule has 0 aliphatic carbocycles.